The number of hydrogen-bond donors (Lipinski definition) is 2. The molecule has 78 valence electrons. The van der Waals surface area contributed by atoms with E-state index in [4.69, 9.17) is 15.2 Å². The van der Waals surface area contributed by atoms with Gasteiger partial charge in [0.25, 0.3) is 0 Å². The highest BCUT2D eigenvalue weighted by atomic mass is 16.5. The normalized spacial score (nSPS) is 34.2. The van der Waals surface area contributed by atoms with Gasteiger partial charge in [0.2, 0.25) is 0 Å². The Hall–Kier alpha value is -0.160. The molecule has 0 aliphatic carbocycles. The largest absolute Gasteiger partial charge is 0.385 e. The first-order chi connectivity index (χ1) is 6.02. The molecule has 4 heteroatoms. The Bertz CT molecular complexity index is 164. The summed E-state index contributed by atoms with van der Waals surface area (Å²) in [6.45, 7) is 3.16. The van der Waals surface area contributed by atoms with Crippen LogP contribution in [0.4, 0.5) is 0 Å². The molecule has 1 aliphatic heterocycles. The van der Waals surface area contributed by atoms with Gasteiger partial charge in [0.05, 0.1) is 18.8 Å². The molecule has 1 saturated heterocycles. The van der Waals surface area contributed by atoms with Gasteiger partial charge in [-0.15, -0.1) is 0 Å². The van der Waals surface area contributed by atoms with Gasteiger partial charge in [0.1, 0.15) is 5.60 Å². The Balaban J connectivity index is 2.64. The summed E-state index contributed by atoms with van der Waals surface area (Å²) in [6, 6.07) is 0. The smallest absolute Gasteiger partial charge is 0.108 e. The predicted molar refractivity (Wildman–Crippen MR) is 49.5 cm³/mol. The van der Waals surface area contributed by atoms with Crippen molar-refractivity contribution < 1.29 is 14.6 Å². The highest BCUT2D eigenvalue weighted by Gasteiger charge is 2.45. The van der Waals surface area contributed by atoms with Crippen molar-refractivity contribution in [3.05, 3.63) is 0 Å². The first-order valence-electron chi connectivity index (χ1n) is 4.60. The fraction of sp³-hybridized carbons (Fsp3) is 1.00. The number of aliphatic hydroxyl groups is 1. The van der Waals surface area contributed by atoms with Crippen molar-refractivity contribution >= 4 is 0 Å². The van der Waals surface area contributed by atoms with Crippen LogP contribution in [0.1, 0.15) is 19.8 Å². The lowest BCUT2D eigenvalue weighted by molar-refractivity contribution is -0.137. The van der Waals surface area contributed by atoms with Crippen LogP contribution in [0.3, 0.4) is 0 Å². The van der Waals surface area contributed by atoms with Crippen LogP contribution in [0.2, 0.25) is 0 Å². The second kappa shape index (κ2) is 3.92. The average Bonchev–Trinajstić information content (AvgIpc) is 2.05. The van der Waals surface area contributed by atoms with Crippen LogP contribution in [0.25, 0.3) is 0 Å². The molecule has 2 unspecified atom stereocenters. The Morgan fingerprint density at radius 3 is 2.85 bits per heavy atom. The monoisotopic (exact) mass is 189 g/mol. The second-order valence-electron chi connectivity index (χ2n) is 4.04. The molecule has 3 N–H and O–H groups in total. The summed E-state index contributed by atoms with van der Waals surface area (Å²) in [7, 11) is 1.58. The molecule has 0 amide bonds. The van der Waals surface area contributed by atoms with Gasteiger partial charge < -0.3 is 20.3 Å². The highest BCUT2D eigenvalue weighted by molar-refractivity contribution is 5.01. The lowest BCUT2D eigenvalue weighted by Gasteiger charge is -2.44. The number of hydrogen-bond acceptors (Lipinski definition) is 4. The van der Waals surface area contributed by atoms with E-state index in [1.165, 1.54) is 0 Å². The highest BCUT2D eigenvalue weighted by Crippen LogP contribution is 2.28. The van der Waals surface area contributed by atoms with E-state index >= 15 is 0 Å². The standard InChI is InChI=1S/C9H19NO3/c1-8(10,6-12-2)9(11)4-3-5-13-7-9/h11H,3-7,10H2,1-2H3. The van der Waals surface area contributed by atoms with Crippen LogP contribution in [-0.4, -0.2) is 43.2 Å². The van der Waals surface area contributed by atoms with Crippen molar-refractivity contribution in [1.29, 1.82) is 0 Å². The first-order valence-corrected chi connectivity index (χ1v) is 4.60. The molecule has 0 saturated carbocycles. The number of nitrogens with two attached hydrogens (primary N) is 1. The van der Waals surface area contributed by atoms with Crippen LogP contribution in [-0.2, 0) is 9.47 Å². The average molecular weight is 189 g/mol. The predicted octanol–water partition coefficient (Wildman–Crippen LogP) is -0.108. The molecule has 1 rings (SSSR count). The molecule has 1 aliphatic rings. The minimum absolute atomic E-state index is 0.309. The van der Waals surface area contributed by atoms with E-state index in [1.807, 2.05) is 0 Å². The first kappa shape index (κ1) is 10.9. The van der Waals surface area contributed by atoms with Gasteiger partial charge in [0, 0.05) is 13.7 Å². The minimum Gasteiger partial charge on any atom is -0.385 e. The van der Waals surface area contributed by atoms with Gasteiger partial charge in [-0.2, -0.15) is 0 Å². The Kier molecular flexibility index (Phi) is 3.29. The van der Waals surface area contributed by atoms with E-state index in [2.05, 4.69) is 0 Å². The molecule has 1 heterocycles. The summed E-state index contributed by atoms with van der Waals surface area (Å²) >= 11 is 0. The zero-order valence-corrected chi connectivity index (χ0v) is 8.38. The van der Waals surface area contributed by atoms with Gasteiger partial charge in [-0.1, -0.05) is 0 Å². The van der Waals surface area contributed by atoms with Gasteiger partial charge in [-0.05, 0) is 19.8 Å². The molecular formula is C9H19NO3. The van der Waals surface area contributed by atoms with E-state index < -0.39 is 11.1 Å². The summed E-state index contributed by atoms with van der Waals surface area (Å²) in [6.07, 6.45) is 1.54. The SMILES string of the molecule is COCC(C)(N)C1(O)CCCOC1. The van der Waals surface area contributed by atoms with Gasteiger partial charge in [0.15, 0.2) is 0 Å². The maximum Gasteiger partial charge on any atom is 0.108 e. The fourth-order valence-electron chi connectivity index (χ4n) is 1.66. The summed E-state index contributed by atoms with van der Waals surface area (Å²) < 4.78 is 10.2. The van der Waals surface area contributed by atoms with E-state index in [-0.39, 0.29) is 0 Å². The van der Waals surface area contributed by atoms with Crippen LogP contribution in [0.5, 0.6) is 0 Å². The zero-order chi connectivity index (χ0) is 9.95. The molecule has 13 heavy (non-hydrogen) atoms. The second-order valence-corrected chi connectivity index (χ2v) is 4.04. The molecule has 0 radical (unpaired) electrons. The van der Waals surface area contributed by atoms with Crippen LogP contribution < -0.4 is 5.73 Å². The minimum atomic E-state index is -0.943. The number of rotatable bonds is 3. The fourth-order valence-corrected chi connectivity index (χ4v) is 1.66. The topological polar surface area (TPSA) is 64.7 Å². The number of ether oxygens (including phenoxy) is 2. The van der Waals surface area contributed by atoms with Gasteiger partial charge >= 0.3 is 0 Å². The van der Waals surface area contributed by atoms with Crippen LogP contribution >= 0.6 is 0 Å². The lowest BCUT2D eigenvalue weighted by atomic mass is 9.78. The molecule has 1 fully saturated rings. The molecule has 0 spiro atoms. The summed E-state index contributed by atoms with van der Waals surface area (Å²) in [5.41, 5.74) is 4.30. The van der Waals surface area contributed by atoms with Crippen LogP contribution in [0.15, 0.2) is 0 Å². The van der Waals surface area contributed by atoms with E-state index in [0.717, 1.165) is 6.42 Å². The summed E-state index contributed by atoms with van der Waals surface area (Å²) in [5.74, 6) is 0. The molecule has 0 aromatic carbocycles. The third-order valence-electron chi connectivity index (χ3n) is 2.73. The van der Waals surface area contributed by atoms with E-state index in [0.29, 0.717) is 26.2 Å². The van der Waals surface area contributed by atoms with Crippen molar-refractivity contribution in [3.8, 4) is 0 Å². The maximum absolute atomic E-state index is 10.2. The third kappa shape index (κ3) is 2.20. The van der Waals surface area contributed by atoms with Crippen molar-refractivity contribution in [1.82, 2.24) is 0 Å². The summed E-state index contributed by atoms with van der Waals surface area (Å²) in [4.78, 5) is 0. The van der Waals surface area contributed by atoms with Gasteiger partial charge in [-0.3, -0.25) is 0 Å². The maximum atomic E-state index is 10.2. The molecular weight excluding hydrogens is 170 g/mol. The van der Waals surface area contributed by atoms with Crippen molar-refractivity contribution in [2.75, 3.05) is 26.9 Å². The Morgan fingerprint density at radius 2 is 2.38 bits per heavy atom. The van der Waals surface area contributed by atoms with Gasteiger partial charge in [-0.25, -0.2) is 0 Å². The Morgan fingerprint density at radius 1 is 1.69 bits per heavy atom. The van der Waals surface area contributed by atoms with Crippen LogP contribution in [0, 0.1) is 0 Å². The molecule has 0 aromatic heterocycles. The lowest BCUT2D eigenvalue weighted by Crippen LogP contribution is -2.64. The van der Waals surface area contributed by atoms with Crippen molar-refractivity contribution in [3.63, 3.8) is 0 Å². The molecule has 4 nitrogen and oxygen atoms in total. The zero-order valence-electron chi connectivity index (χ0n) is 8.38. The Labute approximate surface area is 79.0 Å². The molecule has 2 atom stereocenters. The summed E-state index contributed by atoms with van der Waals surface area (Å²) in [5, 5.41) is 10.2. The third-order valence-corrected chi connectivity index (χ3v) is 2.73. The molecule has 0 bridgehead atoms. The van der Waals surface area contributed by atoms with Crippen molar-refractivity contribution in [2.24, 2.45) is 5.73 Å². The van der Waals surface area contributed by atoms with E-state index in [9.17, 15) is 5.11 Å². The van der Waals surface area contributed by atoms with E-state index in [1.54, 1.807) is 14.0 Å². The quantitative estimate of drug-likeness (QED) is 0.650. The molecule has 0 aromatic rings. The van der Waals surface area contributed by atoms with Crippen molar-refractivity contribution in [2.45, 2.75) is 30.9 Å². The number of methoxy groups -OCH3 is 1.